The Bertz CT molecular complexity index is 575. The highest BCUT2D eigenvalue weighted by molar-refractivity contribution is 7.92. The van der Waals surface area contributed by atoms with Gasteiger partial charge in [-0.05, 0) is 57.9 Å². The minimum atomic E-state index is -3.24. The van der Waals surface area contributed by atoms with E-state index in [0.717, 1.165) is 32.5 Å². The molecule has 0 unspecified atom stereocenters. The zero-order chi connectivity index (χ0) is 16.2. The lowest BCUT2D eigenvalue weighted by molar-refractivity contribution is 0.100. The summed E-state index contributed by atoms with van der Waals surface area (Å²) in [6.07, 6.45) is 3.37. The standard InChI is InChI=1S/C17H27NO3S/c1-4-10-18-11-8-15(9-12-18)21-16-6-5-7-17(13-16)22(19,20)14(2)3/h5-7,13-15H,4,8-12H2,1-3H3. The lowest BCUT2D eigenvalue weighted by atomic mass is 10.1. The summed E-state index contributed by atoms with van der Waals surface area (Å²) < 4.78 is 30.5. The van der Waals surface area contributed by atoms with Crippen LogP contribution in [0.25, 0.3) is 0 Å². The molecule has 1 heterocycles. The fourth-order valence-corrected chi connectivity index (χ4v) is 3.85. The molecule has 0 aromatic heterocycles. The molecule has 0 amide bonds. The molecule has 22 heavy (non-hydrogen) atoms. The summed E-state index contributed by atoms with van der Waals surface area (Å²) in [5.74, 6) is 0.663. The van der Waals surface area contributed by atoms with E-state index in [1.807, 2.05) is 6.07 Å². The van der Waals surface area contributed by atoms with Gasteiger partial charge in [-0.25, -0.2) is 8.42 Å². The monoisotopic (exact) mass is 325 g/mol. The van der Waals surface area contributed by atoms with Gasteiger partial charge in [-0.3, -0.25) is 0 Å². The van der Waals surface area contributed by atoms with Crippen molar-refractivity contribution < 1.29 is 13.2 Å². The van der Waals surface area contributed by atoms with E-state index in [-0.39, 0.29) is 6.10 Å². The van der Waals surface area contributed by atoms with E-state index in [1.165, 1.54) is 6.42 Å². The van der Waals surface area contributed by atoms with E-state index in [2.05, 4.69) is 11.8 Å². The number of likely N-dealkylation sites (tertiary alicyclic amines) is 1. The van der Waals surface area contributed by atoms with Gasteiger partial charge in [-0.1, -0.05) is 13.0 Å². The Morgan fingerprint density at radius 2 is 1.95 bits per heavy atom. The summed E-state index contributed by atoms with van der Waals surface area (Å²) in [5, 5.41) is -0.417. The van der Waals surface area contributed by atoms with Crippen LogP contribution in [-0.4, -0.2) is 44.3 Å². The average molecular weight is 325 g/mol. The zero-order valence-electron chi connectivity index (χ0n) is 13.8. The molecular formula is C17H27NO3S. The Balaban J connectivity index is 2.00. The molecule has 1 aliphatic rings. The molecule has 0 saturated carbocycles. The molecule has 1 saturated heterocycles. The van der Waals surface area contributed by atoms with Crippen molar-refractivity contribution in [3.8, 4) is 5.75 Å². The van der Waals surface area contributed by atoms with Crippen molar-refractivity contribution in [2.75, 3.05) is 19.6 Å². The van der Waals surface area contributed by atoms with Crippen molar-refractivity contribution >= 4 is 9.84 Å². The second-order valence-electron chi connectivity index (χ2n) is 6.23. The minimum absolute atomic E-state index is 0.185. The van der Waals surface area contributed by atoms with Crippen molar-refractivity contribution in [3.05, 3.63) is 24.3 Å². The molecule has 1 aromatic rings. The normalized spacial score (nSPS) is 17.8. The summed E-state index contributed by atoms with van der Waals surface area (Å²) in [7, 11) is -3.24. The van der Waals surface area contributed by atoms with Gasteiger partial charge >= 0.3 is 0 Å². The van der Waals surface area contributed by atoms with Crippen LogP contribution in [0.15, 0.2) is 29.2 Å². The SMILES string of the molecule is CCCN1CCC(Oc2cccc(S(=O)(=O)C(C)C)c2)CC1. The van der Waals surface area contributed by atoms with Crippen LogP contribution in [0, 0.1) is 0 Å². The number of nitrogens with zero attached hydrogens (tertiary/aromatic N) is 1. The Morgan fingerprint density at radius 3 is 2.55 bits per heavy atom. The van der Waals surface area contributed by atoms with Gasteiger partial charge in [0.25, 0.3) is 0 Å². The van der Waals surface area contributed by atoms with Crippen molar-refractivity contribution in [1.82, 2.24) is 4.90 Å². The molecule has 0 bridgehead atoms. The third-order valence-corrected chi connectivity index (χ3v) is 6.28. The second-order valence-corrected chi connectivity index (χ2v) is 8.73. The lowest BCUT2D eigenvalue weighted by Gasteiger charge is -2.31. The smallest absolute Gasteiger partial charge is 0.180 e. The topological polar surface area (TPSA) is 46.6 Å². The Labute approximate surface area is 134 Å². The first-order chi connectivity index (χ1) is 10.4. The highest BCUT2D eigenvalue weighted by Gasteiger charge is 2.22. The number of sulfone groups is 1. The first-order valence-corrected chi connectivity index (χ1v) is 9.71. The lowest BCUT2D eigenvalue weighted by Crippen LogP contribution is -2.38. The Hall–Kier alpha value is -1.07. The first kappa shape index (κ1) is 17.3. The fourth-order valence-electron chi connectivity index (χ4n) is 2.76. The molecule has 1 aliphatic heterocycles. The van der Waals surface area contributed by atoms with Gasteiger partial charge in [0.1, 0.15) is 11.9 Å². The fraction of sp³-hybridized carbons (Fsp3) is 0.647. The first-order valence-electron chi connectivity index (χ1n) is 8.16. The van der Waals surface area contributed by atoms with E-state index in [4.69, 9.17) is 4.74 Å². The van der Waals surface area contributed by atoms with E-state index >= 15 is 0 Å². The molecular weight excluding hydrogens is 298 g/mol. The van der Waals surface area contributed by atoms with Gasteiger partial charge in [0.15, 0.2) is 9.84 Å². The van der Waals surface area contributed by atoms with Gasteiger partial charge in [0, 0.05) is 13.1 Å². The maximum absolute atomic E-state index is 12.2. The number of rotatable bonds is 6. The highest BCUT2D eigenvalue weighted by Crippen LogP contribution is 2.24. The summed E-state index contributed by atoms with van der Waals surface area (Å²) in [5.41, 5.74) is 0. The molecule has 4 nitrogen and oxygen atoms in total. The van der Waals surface area contributed by atoms with E-state index < -0.39 is 15.1 Å². The largest absolute Gasteiger partial charge is 0.490 e. The molecule has 124 valence electrons. The van der Waals surface area contributed by atoms with Crippen LogP contribution >= 0.6 is 0 Å². The zero-order valence-corrected chi connectivity index (χ0v) is 14.6. The molecule has 1 aromatic carbocycles. The third-order valence-electron chi connectivity index (χ3n) is 4.13. The molecule has 0 spiro atoms. The second kappa shape index (κ2) is 7.47. The average Bonchev–Trinajstić information content (AvgIpc) is 2.50. The number of hydrogen-bond acceptors (Lipinski definition) is 4. The van der Waals surface area contributed by atoms with Crippen LogP contribution in [0.3, 0.4) is 0 Å². The predicted octanol–water partition coefficient (Wildman–Crippen LogP) is 3.12. The molecule has 5 heteroatoms. The highest BCUT2D eigenvalue weighted by atomic mass is 32.2. The van der Waals surface area contributed by atoms with Crippen molar-refractivity contribution in [2.24, 2.45) is 0 Å². The van der Waals surface area contributed by atoms with Gasteiger partial charge in [-0.15, -0.1) is 0 Å². The molecule has 0 radical (unpaired) electrons. The van der Waals surface area contributed by atoms with Crippen LogP contribution < -0.4 is 4.74 Å². The van der Waals surface area contributed by atoms with Crippen molar-refractivity contribution in [3.63, 3.8) is 0 Å². The predicted molar refractivity (Wildman–Crippen MR) is 89.1 cm³/mol. The van der Waals surface area contributed by atoms with Crippen LogP contribution in [-0.2, 0) is 9.84 Å². The van der Waals surface area contributed by atoms with Crippen LogP contribution in [0.1, 0.15) is 40.0 Å². The van der Waals surface area contributed by atoms with Crippen molar-refractivity contribution in [2.45, 2.75) is 56.3 Å². The molecule has 0 N–H and O–H groups in total. The summed E-state index contributed by atoms with van der Waals surface area (Å²) >= 11 is 0. The summed E-state index contributed by atoms with van der Waals surface area (Å²) in [4.78, 5) is 2.81. The van der Waals surface area contributed by atoms with Crippen LogP contribution in [0.4, 0.5) is 0 Å². The van der Waals surface area contributed by atoms with Crippen LogP contribution in [0.2, 0.25) is 0 Å². The van der Waals surface area contributed by atoms with Crippen molar-refractivity contribution in [1.29, 1.82) is 0 Å². The van der Waals surface area contributed by atoms with E-state index in [0.29, 0.717) is 10.6 Å². The van der Waals surface area contributed by atoms with Gasteiger partial charge in [0.2, 0.25) is 0 Å². The summed E-state index contributed by atoms with van der Waals surface area (Å²) in [6, 6.07) is 6.91. The third kappa shape index (κ3) is 4.23. The Kier molecular flexibility index (Phi) is 5.87. The van der Waals surface area contributed by atoms with Crippen LogP contribution in [0.5, 0.6) is 5.75 Å². The maximum Gasteiger partial charge on any atom is 0.180 e. The molecule has 0 atom stereocenters. The number of hydrogen-bond donors (Lipinski definition) is 0. The van der Waals surface area contributed by atoms with Gasteiger partial charge < -0.3 is 9.64 Å². The minimum Gasteiger partial charge on any atom is -0.490 e. The number of benzene rings is 1. The quantitative estimate of drug-likeness (QED) is 0.806. The van der Waals surface area contributed by atoms with Gasteiger partial charge in [-0.2, -0.15) is 0 Å². The number of piperidine rings is 1. The summed E-state index contributed by atoms with van der Waals surface area (Å²) in [6.45, 7) is 8.86. The number of ether oxygens (including phenoxy) is 1. The van der Waals surface area contributed by atoms with Gasteiger partial charge in [0.05, 0.1) is 10.1 Å². The molecule has 0 aliphatic carbocycles. The van der Waals surface area contributed by atoms with E-state index in [1.54, 1.807) is 32.0 Å². The maximum atomic E-state index is 12.2. The van der Waals surface area contributed by atoms with E-state index in [9.17, 15) is 8.42 Å². The molecule has 1 fully saturated rings. The Morgan fingerprint density at radius 1 is 1.27 bits per heavy atom. The molecule has 2 rings (SSSR count).